The number of rotatable bonds is 3. The Hall–Kier alpha value is -0.530. The van der Waals surface area contributed by atoms with Crippen LogP contribution in [0.3, 0.4) is 0 Å². The third-order valence-electron chi connectivity index (χ3n) is 3.10. The molecule has 1 nitrogen and oxygen atoms in total. The van der Waals surface area contributed by atoms with Crippen molar-refractivity contribution in [2.75, 3.05) is 13.1 Å². The summed E-state index contributed by atoms with van der Waals surface area (Å²) in [7, 11) is 0. The highest BCUT2D eigenvalue weighted by molar-refractivity contribution is 6.17. The molecule has 2 rings (SSSR count). The lowest BCUT2D eigenvalue weighted by atomic mass is 10.1. The van der Waals surface area contributed by atoms with Gasteiger partial charge < -0.3 is 0 Å². The van der Waals surface area contributed by atoms with Crippen LogP contribution >= 0.6 is 11.6 Å². The lowest BCUT2D eigenvalue weighted by molar-refractivity contribution is 0.220. The van der Waals surface area contributed by atoms with E-state index in [1.54, 1.807) is 0 Å². The van der Waals surface area contributed by atoms with E-state index in [1.165, 1.54) is 43.5 Å². The number of nitrogens with zero attached hydrogens (tertiary/aromatic N) is 1. The van der Waals surface area contributed by atoms with Crippen molar-refractivity contribution < 1.29 is 0 Å². The molecule has 0 aliphatic carbocycles. The van der Waals surface area contributed by atoms with E-state index in [0.717, 1.165) is 6.54 Å². The Balaban J connectivity index is 2.02. The van der Waals surface area contributed by atoms with Crippen molar-refractivity contribution in [1.29, 1.82) is 0 Å². The van der Waals surface area contributed by atoms with Gasteiger partial charge in [-0.2, -0.15) is 0 Å². The third-order valence-corrected chi connectivity index (χ3v) is 3.39. The van der Waals surface area contributed by atoms with E-state index >= 15 is 0 Å². The van der Waals surface area contributed by atoms with E-state index in [9.17, 15) is 0 Å². The van der Waals surface area contributed by atoms with Crippen LogP contribution in [0.4, 0.5) is 0 Å². The van der Waals surface area contributed by atoms with Crippen LogP contribution in [0.15, 0.2) is 24.3 Å². The molecule has 0 spiro atoms. The van der Waals surface area contributed by atoms with Crippen LogP contribution < -0.4 is 0 Å². The molecular weight excluding hydrogens is 206 g/mol. The zero-order valence-corrected chi connectivity index (χ0v) is 9.84. The number of piperidine rings is 1. The summed E-state index contributed by atoms with van der Waals surface area (Å²) in [6.07, 6.45) is 4.10. The summed E-state index contributed by atoms with van der Waals surface area (Å²) in [5.74, 6) is 0.629. The second-order valence-corrected chi connectivity index (χ2v) is 4.51. The van der Waals surface area contributed by atoms with Crippen LogP contribution in [0, 0.1) is 0 Å². The first-order chi connectivity index (χ1) is 7.40. The van der Waals surface area contributed by atoms with Gasteiger partial charge in [-0.25, -0.2) is 0 Å². The van der Waals surface area contributed by atoms with Crippen molar-refractivity contribution >= 4 is 11.6 Å². The lowest BCUT2D eigenvalue weighted by Crippen LogP contribution is -2.29. The number of likely N-dealkylation sites (tertiary alicyclic amines) is 1. The van der Waals surface area contributed by atoms with Crippen LogP contribution in [-0.2, 0) is 12.4 Å². The maximum absolute atomic E-state index is 5.93. The van der Waals surface area contributed by atoms with Gasteiger partial charge in [-0.3, -0.25) is 4.90 Å². The summed E-state index contributed by atoms with van der Waals surface area (Å²) in [6, 6.07) is 8.51. The quantitative estimate of drug-likeness (QED) is 0.710. The number of alkyl halides is 1. The molecule has 2 heteroatoms. The molecule has 1 aromatic rings. The summed E-state index contributed by atoms with van der Waals surface area (Å²) in [4.78, 5) is 2.54. The van der Waals surface area contributed by atoms with E-state index < -0.39 is 0 Å². The first kappa shape index (κ1) is 11.0. The van der Waals surface area contributed by atoms with Gasteiger partial charge in [0.2, 0.25) is 0 Å². The molecule has 0 aromatic heterocycles. The van der Waals surface area contributed by atoms with Crippen molar-refractivity contribution in [2.24, 2.45) is 0 Å². The number of hydrogen-bond acceptors (Lipinski definition) is 1. The molecule has 1 aromatic carbocycles. The molecule has 0 N–H and O–H groups in total. The first-order valence-corrected chi connectivity index (χ1v) is 6.28. The molecule has 1 aliphatic rings. The summed E-state index contributed by atoms with van der Waals surface area (Å²) in [6.45, 7) is 3.57. The highest BCUT2D eigenvalue weighted by Crippen LogP contribution is 2.17. The Morgan fingerprint density at radius 3 is 2.33 bits per heavy atom. The van der Waals surface area contributed by atoms with Crippen LogP contribution in [0.5, 0.6) is 0 Å². The van der Waals surface area contributed by atoms with Gasteiger partial charge in [0, 0.05) is 12.4 Å². The van der Waals surface area contributed by atoms with E-state index in [4.69, 9.17) is 11.6 Å². The standard InChI is InChI=1S/C13H18ClN/c14-10-12-6-2-3-7-13(12)11-15-8-4-1-5-9-15/h2-3,6-7H,1,4-5,8-11H2. The summed E-state index contributed by atoms with van der Waals surface area (Å²) in [5.41, 5.74) is 2.68. The van der Waals surface area contributed by atoms with Gasteiger partial charge in [0.1, 0.15) is 0 Å². The molecule has 82 valence electrons. The van der Waals surface area contributed by atoms with Crippen LogP contribution in [0.1, 0.15) is 30.4 Å². The van der Waals surface area contributed by atoms with Crippen molar-refractivity contribution in [3.8, 4) is 0 Å². The Morgan fingerprint density at radius 2 is 1.67 bits per heavy atom. The number of hydrogen-bond donors (Lipinski definition) is 0. The topological polar surface area (TPSA) is 3.24 Å². The highest BCUT2D eigenvalue weighted by atomic mass is 35.5. The monoisotopic (exact) mass is 223 g/mol. The van der Waals surface area contributed by atoms with Crippen LogP contribution in [0.25, 0.3) is 0 Å². The van der Waals surface area contributed by atoms with Gasteiger partial charge >= 0.3 is 0 Å². The first-order valence-electron chi connectivity index (χ1n) is 5.75. The second kappa shape index (κ2) is 5.53. The molecule has 0 amide bonds. The molecule has 1 heterocycles. The minimum absolute atomic E-state index is 0.629. The average molecular weight is 224 g/mol. The lowest BCUT2D eigenvalue weighted by Gasteiger charge is -2.27. The molecule has 0 bridgehead atoms. The summed E-state index contributed by atoms with van der Waals surface area (Å²) < 4.78 is 0. The van der Waals surface area contributed by atoms with Gasteiger partial charge in [-0.1, -0.05) is 30.7 Å². The van der Waals surface area contributed by atoms with Gasteiger partial charge in [0.15, 0.2) is 0 Å². The number of halogens is 1. The minimum atomic E-state index is 0.629. The Labute approximate surface area is 97.0 Å². The van der Waals surface area contributed by atoms with Crippen molar-refractivity contribution in [1.82, 2.24) is 4.90 Å². The van der Waals surface area contributed by atoms with E-state index in [2.05, 4.69) is 29.2 Å². The van der Waals surface area contributed by atoms with Gasteiger partial charge in [-0.15, -0.1) is 11.6 Å². The summed E-state index contributed by atoms with van der Waals surface area (Å²) >= 11 is 5.93. The largest absolute Gasteiger partial charge is 0.299 e. The van der Waals surface area contributed by atoms with E-state index in [-0.39, 0.29) is 0 Å². The van der Waals surface area contributed by atoms with E-state index in [1.807, 2.05) is 0 Å². The molecule has 0 unspecified atom stereocenters. The zero-order valence-electron chi connectivity index (χ0n) is 9.08. The van der Waals surface area contributed by atoms with Crippen molar-refractivity contribution in [3.05, 3.63) is 35.4 Å². The van der Waals surface area contributed by atoms with Crippen LogP contribution in [-0.4, -0.2) is 18.0 Å². The minimum Gasteiger partial charge on any atom is -0.299 e. The molecule has 15 heavy (non-hydrogen) atoms. The fourth-order valence-corrected chi connectivity index (χ4v) is 2.46. The maximum atomic E-state index is 5.93. The Morgan fingerprint density at radius 1 is 1.00 bits per heavy atom. The Bertz CT molecular complexity index is 305. The van der Waals surface area contributed by atoms with Gasteiger partial charge in [-0.05, 0) is 37.1 Å². The average Bonchev–Trinajstić information content (AvgIpc) is 2.31. The smallest absolute Gasteiger partial charge is 0.0477 e. The molecule has 1 saturated heterocycles. The predicted octanol–water partition coefficient (Wildman–Crippen LogP) is 3.41. The van der Waals surface area contributed by atoms with Gasteiger partial charge in [0.05, 0.1) is 0 Å². The number of benzene rings is 1. The maximum Gasteiger partial charge on any atom is 0.0477 e. The molecule has 0 saturated carbocycles. The van der Waals surface area contributed by atoms with Crippen LogP contribution in [0.2, 0.25) is 0 Å². The molecule has 0 radical (unpaired) electrons. The fraction of sp³-hybridized carbons (Fsp3) is 0.538. The fourth-order valence-electron chi connectivity index (χ4n) is 2.20. The Kier molecular flexibility index (Phi) is 4.04. The molecule has 0 atom stereocenters. The molecular formula is C13H18ClN. The molecule has 1 aliphatic heterocycles. The zero-order chi connectivity index (χ0) is 10.5. The van der Waals surface area contributed by atoms with E-state index in [0.29, 0.717) is 5.88 Å². The van der Waals surface area contributed by atoms with Gasteiger partial charge in [0.25, 0.3) is 0 Å². The van der Waals surface area contributed by atoms with Crippen molar-refractivity contribution in [3.63, 3.8) is 0 Å². The normalized spacial score (nSPS) is 17.9. The molecule has 1 fully saturated rings. The highest BCUT2D eigenvalue weighted by Gasteiger charge is 2.11. The SMILES string of the molecule is ClCc1ccccc1CN1CCCCC1. The third kappa shape index (κ3) is 2.96. The summed E-state index contributed by atoms with van der Waals surface area (Å²) in [5, 5.41) is 0. The second-order valence-electron chi connectivity index (χ2n) is 4.24. The predicted molar refractivity (Wildman–Crippen MR) is 65.1 cm³/mol. The van der Waals surface area contributed by atoms with Crippen molar-refractivity contribution in [2.45, 2.75) is 31.7 Å².